The van der Waals surface area contributed by atoms with Gasteiger partial charge in [0.15, 0.2) is 11.4 Å². The number of aliphatic hydroxyl groups excluding tert-OH is 2. The number of primary amides is 1. The number of phenols is 1. The molecule has 7 N–H and O–H groups in total. The van der Waals surface area contributed by atoms with Crippen LogP contribution in [0, 0.1) is 11.8 Å². The molecular formula is C26H33ClN4O9. The van der Waals surface area contributed by atoms with Gasteiger partial charge in [0, 0.05) is 38.4 Å². The fourth-order valence-electron chi connectivity index (χ4n) is 6.10. The van der Waals surface area contributed by atoms with Gasteiger partial charge in [-0.2, -0.15) is 0 Å². The van der Waals surface area contributed by atoms with E-state index < -0.39 is 69.7 Å². The molecule has 0 radical (unpaired) electrons. The Morgan fingerprint density at radius 1 is 1.18 bits per heavy atom. The van der Waals surface area contributed by atoms with Crippen molar-refractivity contribution in [3.05, 3.63) is 34.1 Å². The number of nitrogens with zero attached hydrogens (tertiary/aromatic N) is 2. The average molecular weight is 581 g/mol. The van der Waals surface area contributed by atoms with Crippen LogP contribution >= 0.6 is 12.4 Å². The number of halogens is 1. The van der Waals surface area contributed by atoms with E-state index >= 15 is 0 Å². The largest absolute Gasteiger partial charge is 0.508 e. The summed E-state index contributed by atoms with van der Waals surface area (Å²) in [6.07, 6.45) is 0.105. The van der Waals surface area contributed by atoms with E-state index in [1.165, 1.54) is 32.2 Å². The Morgan fingerprint density at radius 2 is 1.80 bits per heavy atom. The molecule has 2 unspecified atom stereocenters. The molecule has 1 aromatic rings. The van der Waals surface area contributed by atoms with Crippen LogP contribution in [0.1, 0.15) is 17.5 Å². The molecule has 0 aliphatic heterocycles. The van der Waals surface area contributed by atoms with Gasteiger partial charge in [-0.05, 0) is 44.5 Å². The van der Waals surface area contributed by atoms with Crippen molar-refractivity contribution in [3.63, 3.8) is 0 Å². The molecule has 2 amide bonds. The Bertz CT molecular complexity index is 1370. The number of benzene rings is 1. The number of fused-ring (bicyclic) bond motifs is 3. The number of aliphatic hydroxyl groups is 3. The SMILES string of the molecule is COCC(=O)Nc1cc(N(C)C)c2c(c1O)C(O)=C1C(=O)[C@]3(O)C(O)=C(C(N)=O)C(=O)[C@@H](N(C)C)C3CC1C2.Cl. The second kappa shape index (κ2) is 10.7. The zero-order valence-electron chi connectivity index (χ0n) is 22.6. The standard InChI is InChI=1S/C26H32N4O9.ClH/c1-29(2)14-8-13(28-15(31)9-39-5)20(32)17-11(14)6-10-7-12-19(30(3)4)22(34)18(25(27)37)24(36)26(12,38)23(35)16(10)21(17)33;/h8,10,12,19,32-33,36,38H,6-7,9H2,1-5H3,(H2,27,37)(H,28,31);1H/t10?,12?,19-,26-;/m0./s1. The first kappa shape index (κ1) is 30.9. The monoisotopic (exact) mass is 580 g/mol. The Hall–Kier alpha value is -3.65. The number of amides is 2. The van der Waals surface area contributed by atoms with E-state index in [2.05, 4.69) is 5.32 Å². The molecule has 0 aromatic heterocycles. The number of rotatable bonds is 6. The van der Waals surface area contributed by atoms with Crippen molar-refractivity contribution in [2.24, 2.45) is 17.6 Å². The van der Waals surface area contributed by atoms with Crippen LogP contribution in [0.2, 0.25) is 0 Å². The molecule has 0 spiro atoms. The number of ether oxygens (including phenoxy) is 1. The number of carbonyl (C=O) groups is 4. The topological polar surface area (TPSA) is 203 Å². The van der Waals surface area contributed by atoms with Crippen LogP contribution in [0.5, 0.6) is 5.75 Å². The lowest BCUT2D eigenvalue weighted by Gasteiger charge is -2.50. The summed E-state index contributed by atoms with van der Waals surface area (Å²) in [4.78, 5) is 54.6. The zero-order chi connectivity index (χ0) is 29.1. The van der Waals surface area contributed by atoms with Gasteiger partial charge in [-0.25, -0.2) is 0 Å². The number of hydrogen-bond donors (Lipinski definition) is 6. The lowest BCUT2D eigenvalue weighted by atomic mass is 9.57. The molecule has 0 bridgehead atoms. The number of aromatic hydroxyl groups is 1. The number of ketones is 2. The van der Waals surface area contributed by atoms with Gasteiger partial charge in [0.2, 0.25) is 11.7 Å². The number of phenolic OH excluding ortho intramolecular Hbond substituents is 1. The number of nitrogens with one attached hydrogen (secondary N) is 1. The van der Waals surface area contributed by atoms with Crippen molar-refractivity contribution < 1.29 is 44.3 Å². The van der Waals surface area contributed by atoms with Crippen LogP contribution in [-0.4, -0.2) is 102 Å². The van der Waals surface area contributed by atoms with Crippen LogP contribution in [0.25, 0.3) is 5.76 Å². The van der Waals surface area contributed by atoms with Gasteiger partial charge in [0.1, 0.15) is 29.4 Å². The molecule has 0 heterocycles. The molecule has 218 valence electrons. The number of nitrogens with two attached hydrogens (primary N) is 1. The summed E-state index contributed by atoms with van der Waals surface area (Å²) >= 11 is 0. The zero-order valence-corrected chi connectivity index (χ0v) is 23.5. The third kappa shape index (κ3) is 4.38. The number of anilines is 2. The Kier molecular flexibility index (Phi) is 8.28. The highest BCUT2D eigenvalue weighted by Gasteiger charge is 2.64. The summed E-state index contributed by atoms with van der Waals surface area (Å²) in [6, 6.07) is 0.365. The molecule has 4 rings (SSSR count). The second-order valence-corrected chi connectivity index (χ2v) is 10.5. The van der Waals surface area contributed by atoms with Crippen molar-refractivity contribution in [2.75, 3.05) is 52.1 Å². The number of carbonyl (C=O) groups excluding carboxylic acids is 4. The number of methoxy groups -OCH3 is 1. The quantitative estimate of drug-likeness (QED) is 0.196. The smallest absolute Gasteiger partial charge is 0.255 e. The van der Waals surface area contributed by atoms with E-state index in [4.69, 9.17) is 10.5 Å². The summed E-state index contributed by atoms with van der Waals surface area (Å²) in [5.74, 6) is -7.98. The molecule has 1 aromatic carbocycles. The Morgan fingerprint density at radius 3 is 2.33 bits per heavy atom. The first-order valence-corrected chi connectivity index (χ1v) is 12.2. The van der Waals surface area contributed by atoms with Crippen LogP contribution in [0.4, 0.5) is 11.4 Å². The summed E-state index contributed by atoms with van der Waals surface area (Å²) in [6.45, 7) is -0.296. The minimum Gasteiger partial charge on any atom is -0.508 e. The fourth-order valence-corrected chi connectivity index (χ4v) is 6.10. The van der Waals surface area contributed by atoms with Crippen LogP contribution in [-0.2, 0) is 30.3 Å². The van der Waals surface area contributed by atoms with E-state index in [1.807, 2.05) is 0 Å². The normalized spacial score (nSPS) is 25.6. The maximum atomic E-state index is 13.9. The van der Waals surface area contributed by atoms with Gasteiger partial charge >= 0.3 is 0 Å². The van der Waals surface area contributed by atoms with Crippen molar-refractivity contribution in [2.45, 2.75) is 24.5 Å². The van der Waals surface area contributed by atoms with E-state index in [1.54, 1.807) is 19.0 Å². The minimum atomic E-state index is -2.73. The van der Waals surface area contributed by atoms with Gasteiger partial charge in [-0.1, -0.05) is 0 Å². The number of hydrogen-bond acceptors (Lipinski definition) is 11. The summed E-state index contributed by atoms with van der Waals surface area (Å²) in [5, 5.41) is 47.7. The van der Waals surface area contributed by atoms with E-state index in [9.17, 15) is 39.6 Å². The average Bonchev–Trinajstić information content (AvgIpc) is 2.82. The van der Waals surface area contributed by atoms with Crippen molar-refractivity contribution in [1.29, 1.82) is 0 Å². The Labute approximate surface area is 236 Å². The lowest BCUT2D eigenvalue weighted by molar-refractivity contribution is -0.153. The summed E-state index contributed by atoms with van der Waals surface area (Å²) in [5.41, 5.74) is 2.32. The molecule has 3 aliphatic carbocycles. The molecular weight excluding hydrogens is 548 g/mol. The molecule has 0 saturated heterocycles. The first-order valence-electron chi connectivity index (χ1n) is 12.2. The summed E-state index contributed by atoms with van der Waals surface area (Å²) < 4.78 is 4.82. The van der Waals surface area contributed by atoms with E-state index in [0.717, 1.165) is 0 Å². The second-order valence-electron chi connectivity index (χ2n) is 10.5. The van der Waals surface area contributed by atoms with Crippen molar-refractivity contribution in [3.8, 4) is 5.75 Å². The molecule has 3 aliphatic rings. The van der Waals surface area contributed by atoms with Gasteiger partial charge in [-0.3, -0.25) is 24.1 Å². The minimum absolute atomic E-state index is 0. The van der Waals surface area contributed by atoms with Crippen molar-refractivity contribution >= 4 is 52.9 Å². The first-order chi connectivity index (χ1) is 18.2. The van der Waals surface area contributed by atoms with Crippen LogP contribution in [0.3, 0.4) is 0 Å². The maximum Gasteiger partial charge on any atom is 0.255 e. The van der Waals surface area contributed by atoms with E-state index in [0.29, 0.717) is 11.3 Å². The van der Waals surface area contributed by atoms with E-state index in [-0.39, 0.29) is 48.7 Å². The van der Waals surface area contributed by atoms with Gasteiger partial charge in [-0.15, -0.1) is 12.4 Å². The number of Topliss-reactive ketones (excluding diaryl/α,β-unsaturated/α-hetero) is 2. The van der Waals surface area contributed by atoms with Crippen LogP contribution < -0.4 is 16.0 Å². The van der Waals surface area contributed by atoms with Gasteiger partial charge < -0.3 is 41.1 Å². The molecule has 1 saturated carbocycles. The Balaban J connectivity index is 0.00000441. The third-order valence-corrected chi connectivity index (χ3v) is 7.73. The van der Waals surface area contributed by atoms with Gasteiger partial charge in [0.25, 0.3) is 5.91 Å². The van der Waals surface area contributed by atoms with Crippen LogP contribution in [0.15, 0.2) is 23.0 Å². The molecule has 13 nitrogen and oxygen atoms in total. The molecule has 4 atom stereocenters. The molecule has 40 heavy (non-hydrogen) atoms. The predicted octanol–water partition coefficient (Wildman–Crippen LogP) is 0.0367. The highest BCUT2D eigenvalue weighted by Crippen LogP contribution is 2.54. The number of likely N-dealkylation sites (N-methyl/N-ethyl adjacent to an activating group) is 1. The van der Waals surface area contributed by atoms with Crippen molar-refractivity contribution in [1.82, 2.24) is 4.90 Å². The highest BCUT2D eigenvalue weighted by atomic mass is 35.5. The maximum absolute atomic E-state index is 13.9. The molecule has 14 heteroatoms. The van der Waals surface area contributed by atoms with Gasteiger partial charge in [0.05, 0.1) is 17.3 Å². The molecule has 1 fully saturated rings. The predicted molar refractivity (Wildman–Crippen MR) is 146 cm³/mol. The summed E-state index contributed by atoms with van der Waals surface area (Å²) in [7, 11) is 7.85. The fraction of sp³-hybridized carbons (Fsp3) is 0.462. The highest BCUT2D eigenvalue weighted by molar-refractivity contribution is 6.24. The third-order valence-electron chi connectivity index (χ3n) is 7.73. The lowest BCUT2D eigenvalue weighted by Crippen LogP contribution is -2.65.